The van der Waals surface area contributed by atoms with E-state index in [0.29, 0.717) is 17.7 Å². The molecule has 2 aliphatic heterocycles. The topological polar surface area (TPSA) is 81.3 Å². The van der Waals surface area contributed by atoms with Crippen LogP contribution in [0.4, 0.5) is 5.95 Å². The monoisotopic (exact) mass is 367 g/mol. The summed E-state index contributed by atoms with van der Waals surface area (Å²) in [5.74, 6) is 2.42. The Kier molecular flexibility index (Phi) is 4.07. The molecule has 2 aromatic heterocycles. The lowest BCUT2D eigenvalue weighted by molar-refractivity contribution is -0.133. The second-order valence-corrected chi connectivity index (χ2v) is 7.88. The molecule has 3 aliphatic rings. The molecule has 3 fully saturated rings. The Morgan fingerprint density at radius 3 is 2.44 bits per heavy atom. The van der Waals surface area contributed by atoms with Gasteiger partial charge in [-0.05, 0) is 24.8 Å². The van der Waals surface area contributed by atoms with E-state index in [2.05, 4.69) is 36.7 Å². The van der Waals surface area contributed by atoms with Gasteiger partial charge in [-0.2, -0.15) is 0 Å². The van der Waals surface area contributed by atoms with Gasteiger partial charge in [0.05, 0.1) is 12.0 Å². The highest BCUT2D eigenvalue weighted by Gasteiger charge is 2.60. The Morgan fingerprint density at radius 2 is 1.81 bits per heavy atom. The summed E-state index contributed by atoms with van der Waals surface area (Å²) in [6.45, 7) is 8.14. The van der Waals surface area contributed by atoms with Crippen molar-refractivity contribution in [3.05, 3.63) is 36.2 Å². The first-order chi connectivity index (χ1) is 13.2. The number of fused-ring (bicyclic) bond motifs is 1. The van der Waals surface area contributed by atoms with Crippen LogP contribution in [-0.4, -0.2) is 74.9 Å². The van der Waals surface area contributed by atoms with Crippen molar-refractivity contribution < 1.29 is 4.79 Å². The van der Waals surface area contributed by atoms with Crippen LogP contribution < -0.4 is 4.90 Å². The second-order valence-electron chi connectivity index (χ2n) is 7.88. The van der Waals surface area contributed by atoms with Crippen molar-refractivity contribution in [2.24, 2.45) is 17.8 Å². The van der Waals surface area contributed by atoms with Gasteiger partial charge in [0, 0.05) is 69.8 Å². The molecule has 0 aromatic carbocycles. The normalized spacial score (nSPS) is 27.7. The summed E-state index contributed by atoms with van der Waals surface area (Å²) in [5, 5.41) is 0. The van der Waals surface area contributed by atoms with Gasteiger partial charge >= 0.3 is 0 Å². The van der Waals surface area contributed by atoms with E-state index in [-0.39, 0.29) is 5.92 Å². The van der Waals surface area contributed by atoms with E-state index >= 15 is 0 Å². The molecule has 1 N–H and O–H groups in total. The Balaban J connectivity index is 1.12. The fourth-order valence-corrected chi connectivity index (χ4v) is 4.66. The molecule has 8 heteroatoms. The van der Waals surface area contributed by atoms with E-state index in [1.165, 1.54) is 0 Å². The zero-order valence-electron chi connectivity index (χ0n) is 15.6. The number of piperidine rings is 1. The summed E-state index contributed by atoms with van der Waals surface area (Å²) in [6, 6.07) is 1.83. The van der Waals surface area contributed by atoms with Crippen molar-refractivity contribution in [1.29, 1.82) is 0 Å². The molecule has 1 aliphatic carbocycles. The number of piperazine rings is 1. The second kappa shape index (κ2) is 6.60. The predicted octanol–water partition coefficient (Wildman–Crippen LogP) is 0.535. The van der Waals surface area contributed by atoms with Crippen molar-refractivity contribution in [2.75, 3.05) is 44.2 Å². The minimum atomic E-state index is 0.237. The largest absolute Gasteiger partial charge is 0.348 e. The van der Waals surface area contributed by atoms with E-state index in [1.807, 2.05) is 11.0 Å². The van der Waals surface area contributed by atoms with Crippen molar-refractivity contribution in [1.82, 2.24) is 29.7 Å². The van der Waals surface area contributed by atoms with E-state index < -0.39 is 0 Å². The van der Waals surface area contributed by atoms with Crippen LogP contribution >= 0.6 is 0 Å². The summed E-state index contributed by atoms with van der Waals surface area (Å²) in [4.78, 5) is 35.7. The first kappa shape index (κ1) is 16.7. The van der Waals surface area contributed by atoms with Crippen molar-refractivity contribution in [2.45, 2.75) is 13.5 Å². The third-order valence-corrected chi connectivity index (χ3v) is 6.29. The smallest absolute Gasteiger partial charge is 0.226 e. The van der Waals surface area contributed by atoms with Crippen LogP contribution in [0, 0.1) is 24.7 Å². The fourth-order valence-electron chi connectivity index (χ4n) is 4.66. The number of aromatic nitrogens is 4. The molecule has 142 valence electrons. The van der Waals surface area contributed by atoms with Crippen LogP contribution in [0.15, 0.2) is 24.8 Å². The quantitative estimate of drug-likeness (QED) is 0.849. The average molecular weight is 367 g/mol. The van der Waals surface area contributed by atoms with Gasteiger partial charge in [-0.25, -0.2) is 15.0 Å². The van der Waals surface area contributed by atoms with Crippen LogP contribution in [-0.2, 0) is 11.3 Å². The molecule has 2 saturated heterocycles. The Labute approximate surface area is 158 Å². The molecule has 0 spiro atoms. The lowest BCUT2D eigenvalue weighted by atomic mass is 10.2. The molecule has 1 saturated carbocycles. The van der Waals surface area contributed by atoms with Gasteiger partial charge < -0.3 is 14.8 Å². The summed E-state index contributed by atoms with van der Waals surface area (Å²) >= 11 is 0. The molecule has 1 amide bonds. The number of H-pyrrole nitrogens is 1. The number of aromatic amines is 1. The number of amides is 1. The highest BCUT2D eigenvalue weighted by atomic mass is 16.2. The number of hydrogen-bond acceptors (Lipinski definition) is 6. The van der Waals surface area contributed by atoms with Gasteiger partial charge in [0.1, 0.15) is 0 Å². The zero-order chi connectivity index (χ0) is 18.4. The van der Waals surface area contributed by atoms with Gasteiger partial charge in [0.2, 0.25) is 11.9 Å². The minimum absolute atomic E-state index is 0.237. The molecule has 2 aromatic rings. The van der Waals surface area contributed by atoms with Crippen LogP contribution in [0.3, 0.4) is 0 Å². The summed E-state index contributed by atoms with van der Waals surface area (Å²) in [5.41, 5.74) is 2.27. The highest BCUT2D eigenvalue weighted by Crippen LogP contribution is 2.52. The SMILES string of the molecule is Cc1[nH]cnc1CN1C[C@@H]2C(C(=O)N3CCN(c4ncccn4)CC3)[C@@H]2C1. The molecule has 3 atom stereocenters. The van der Waals surface area contributed by atoms with Crippen LogP contribution in [0.1, 0.15) is 11.4 Å². The minimum Gasteiger partial charge on any atom is -0.348 e. The van der Waals surface area contributed by atoms with Gasteiger partial charge in [0.25, 0.3) is 0 Å². The standard InChI is InChI=1S/C19H25N7O/c1-13-16(23-12-22-13)11-24-9-14-15(10-24)17(14)18(27)25-5-7-26(8-6-25)19-20-3-2-4-21-19/h2-4,12,14-15,17H,5-11H2,1H3,(H,22,23)/t14-,15+,17?. The molecular weight excluding hydrogens is 342 g/mol. The lowest BCUT2D eigenvalue weighted by Crippen LogP contribution is -2.50. The van der Waals surface area contributed by atoms with Gasteiger partial charge in [-0.3, -0.25) is 9.69 Å². The maximum absolute atomic E-state index is 12.9. The number of imidazole rings is 1. The molecule has 4 heterocycles. The number of carbonyl (C=O) groups excluding carboxylic acids is 1. The molecule has 8 nitrogen and oxygen atoms in total. The van der Waals surface area contributed by atoms with Crippen LogP contribution in [0.2, 0.25) is 0 Å². The highest BCUT2D eigenvalue weighted by molar-refractivity contribution is 5.83. The maximum Gasteiger partial charge on any atom is 0.226 e. The molecule has 0 radical (unpaired) electrons. The van der Waals surface area contributed by atoms with Crippen molar-refractivity contribution in [3.63, 3.8) is 0 Å². The molecule has 27 heavy (non-hydrogen) atoms. The Bertz CT molecular complexity index is 802. The third-order valence-electron chi connectivity index (χ3n) is 6.29. The number of carbonyl (C=O) groups is 1. The molecule has 1 unspecified atom stereocenters. The van der Waals surface area contributed by atoms with Gasteiger partial charge in [-0.1, -0.05) is 0 Å². The number of nitrogens with one attached hydrogen (secondary N) is 1. The molecule has 5 rings (SSSR count). The number of anilines is 1. The average Bonchev–Trinajstić information content (AvgIpc) is 3.00. The van der Waals surface area contributed by atoms with E-state index in [0.717, 1.165) is 63.1 Å². The maximum atomic E-state index is 12.9. The first-order valence-corrected chi connectivity index (χ1v) is 9.72. The van der Waals surface area contributed by atoms with Gasteiger partial charge in [0.15, 0.2) is 0 Å². The Hall–Kier alpha value is -2.48. The van der Waals surface area contributed by atoms with Gasteiger partial charge in [-0.15, -0.1) is 0 Å². The summed E-state index contributed by atoms with van der Waals surface area (Å²) in [7, 11) is 0. The molecule has 0 bridgehead atoms. The zero-order valence-corrected chi connectivity index (χ0v) is 15.6. The molecular formula is C19H25N7O. The van der Waals surface area contributed by atoms with E-state index in [1.54, 1.807) is 18.7 Å². The van der Waals surface area contributed by atoms with Crippen molar-refractivity contribution in [3.8, 4) is 0 Å². The summed E-state index contributed by atoms with van der Waals surface area (Å²) < 4.78 is 0. The number of hydrogen-bond donors (Lipinski definition) is 1. The third kappa shape index (κ3) is 3.07. The number of nitrogens with zero attached hydrogens (tertiary/aromatic N) is 6. The van der Waals surface area contributed by atoms with Crippen LogP contribution in [0.25, 0.3) is 0 Å². The first-order valence-electron chi connectivity index (χ1n) is 9.72. The number of likely N-dealkylation sites (tertiary alicyclic amines) is 1. The number of aryl methyl sites for hydroxylation is 1. The summed E-state index contributed by atoms with van der Waals surface area (Å²) in [6.07, 6.45) is 5.29. The Morgan fingerprint density at radius 1 is 1.11 bits per heavy atom. The number of rotatable bonds is 4. The van der Waals surface area contributed by atoms with E-state index in [9.17, 15) is 4.79 Å². The predicted molar refractivity (Wildman–Crippen MR) is 99.9 cm³/mol. The van der Waals surface area contributed by atoms with E-state index in [4.69, 9.17) is 0 Å². The lowest BCUT2D eigenvalue weighted by Gasteiger charge is -2.35. The fraction of sp³-hybridized carbons (Fsp3) is 0.579. The van der Waals surface area contributed by atoms with Crippen molar-refractivity contribution >= 4 is 11.9 Å². The van der Waals surface area contributed by atoms with Crippen LogP contribution in [0.5, 0.6) is 0 Å².